The van der Waals surface area contributed by atoms with Crippen LogP contribution < -0.4 is 20.9 Å². The van der Waals surface area contributed by atoms with Gasteiger partial charge in [0, 0.05) is 10.8 Å². The van der Waals surface area contributed by atoms with Crippen molar-refractivity contribution in [3.63, 3.8) is 0 Å². The predicted molar refractivity (Wildman–Crippen MR) is 84.9 cm³/mol. The van der Waals surface area contributed by atoms with Crippen molar-refractivity contribution >= 4 is 22.4 Å². The lowest BCUT2D eigenvalue weighted by Gasteiger charge is -2.21. The van der Waals surface area contributed by atoms with Crippen LogP contribution in [0.5, 0.6) is 11.5 Å². The van der Waals surface area contributed by atoms with Gasteiger partial charge in [-0.05, 0) is 37.0 Å². The molecule has 1 aliphatic carbocycles. The molecule has 1 atom stereocenters. The number of nitrogens with zero attached hydrogens (tertiary/aromatic N) is 2. The van der Waals surface area contributed by atoms with Gasteiger partial charge in [0.2, 0.25) is 11.9 Å². The Hall–Kier alpha value is -2.28. The first-order chi connectivity index (χ1) is 10.7. The first-order valence-electron chi connectivity index (χ1n) is 7.19. The number of rotatable bonds is 2. The van der Waals surface area contributed by atoms with E-state index in [0.29, 0.717) is 11.9 Å². The van der Waals surface area contributed by atoms with E-state index in [4.69, 9.17) is 20.9 Å². The van der Waals surface area contributed by atoms with E-state index in [2.05, 4.69) is 22.1 Å². The van der Waals surface area contributed by atoms with E-state index in [1.54, 1.807) is 11.3 Å². The summed E-state index contributed by atoms with van der Waals surface area (Å²) >= 11 is 1.57. The van der Waals surface area contributed by atoms with E-state index in [9.17, 15) is 0 Å². The Morgan fingerprint density at radius 3 is 3.00 bits per heavy atom. The number of hydrogen-bond acceptors (Lipinski definition) is 5. The van der Waals surface area contributed by atoms with Gasteiger partial charge in [-0.1, -0.05) is 17.4 Å². The fraction of sp³-hybridized carbons (Fsp3) is 0.333. The maximum absolute atomic E-state index is 5.48. The first kappa shape index (κ1) is 13.4. The largest absolute Gasteiger partial charge is 0.454 e. The van der Waals surface area contributed by atoms with Gasteiger partial charge in [-0.3, -0.25) is 0 Å². The van der Waals surface area contributed by atoms with Gasteiger partial charge < -0.3 is 20.9 Å². The van der Waals surface area contributed by atoms with E-state index in [-0.39, 0.29) is 11.9 Å². The number of aliphatic imine (C=N–C) groups is 1. The Labute approximate surface area is 131 Å². The van der Waals surface area contributed by atoms with Crippen LogP contribution >= 0.6 is 11.3 Å². The second-order valence-electron chi connectivity index (χ2n) is 5.40. The zero-order valence-electron chi connectivity index (χ0n) is 11.9. The zero-order valence-corrected chi connectivity index (χ0v) is 12.7. The summed E-state index contributed by atoms with van der Waals surface area (Å²) in [6, 6.07) is 6.11. The van der Waals surface area contributed by atoms with Crippen molar-refractivity contribution in [3.8, 4) is 11.5 Å². The normalized spacial score (nSPS) is 18.8. The fourth-order valence-corrected chi connectivity index (χ4v) is 4.07. The summed E-state index contributed by atoms with van der Waals surface area (Å²) in [7, 11) is 0. The highest BCUT2D eigenvalue weighted by atomic mass is 32.1. The molecule has 1 aromatic heterocycles. The second kappa shape index (κ2) is 5.17. The van der Waals surface area contributed by atoms with Crippen LogP contribution in [0.25, 0.3) is 0 Å². The molecular weight excluding hydrogens is 300 g/mol. The summed E-state index contributed by atoms with van der Waals surface area (Å²) in [5.74, 6) is 1.92. The number of guanidine groups is 1. The molecule has 0 radical (unpaired) electrons. The van der Waals surface area contributed by atoms with E-state index in [1.807, 2.05) is 6.07 Å². The molecule has 4 rings (SSSR count). The molecule has 2 aliphatic rings. The van der Waals surface area contributed by atoms with Crippen molar-refractivity contribution in [2.45, 2.75) is 25.2 Å². The summed E-state index contributed by atoms with van der Waals surface area (Å²) in [5.41, 5.74) is 13.2. The lowest BCUT2D eigenvalue weighted by molar-refractivity contribution is 0.174. The van der Waals surface area contributed by atoms with Gasteiger partial charge >= 0.3 is 0 Å². The van der Waals surface area contributed by atoms with Crippen molar-refractivity contribution in [3.05, 3.63) is 34.3 Å². The van der Waals surface area contributed by atoms with Gasteiger partial charge in [0.25, 0.3) is 0 Å². The average Bonchev–Trinajstić information content (AvgIpc) is 3.10. The van der Waals surface area contributed by atoms with E-state index < -0.39 is 0 Å². The van der Waals surface area contributed by atoms with Crippen LogP contribution in [0.3, 0.4) is 0 Å². The fourth-order valence-electron chi connectivity index (χ4n) is 3.02. The zero-order chi connectivity index (χ0) is 15.1. The third-order valence-electron chi connectivity index (χ3n) is 3.97. The van der Waals surface area contributed by atoms with E-state index in [0.717, 1.165) is 36.5 Å². The van der Waals surface area contributed by atoms with Crippen LogP contribution in [-0.2, 0) is 6.42 Å². The molecule has 2 aromatic rings. The number of aryl methyl sites for hydroxylation is 1. The molecule has 1 unspecified atom stereocenters. The van der Waals surface area contributed by atoms with Gasteiger partial charge in [0.15, 0.2) is 17.5 Å². The molecule has 0 saturated carbocycles. The van der Waals surface area contributed by atoms with Crippen LogP contribution in [0.4, 0.5) is 5.13 Å². The Kier molecular flexibility index (Phi) is 3.15. The van der Waals surface area contributed by atoms with Crippen molar-refractivity contribution in [1.29, 1.82) is 0 Å². The molecule has 114 valence electrons. The lowest BCUT2D eigenvalue weighted by Crippen LogP contribution is -2.21. The quantitative estimate of drug-likeness (QED) is 0.654. The Morgan fingerprint density at radius 1 is 1.27 bits per heavy atom. The summed E-state index contributed by atoms with van der Waals surface area (Å²) in [6.07, 6.45) is 3.24. The summed E-state index contributed by atoms with van der Waals surface area (Å²) in [6.45, 7) is 0.292. The van der Waals surface area contributed by atoms with Crippen LogP contribution in [0.15, 0.2) is 23.2 Å². The third kappa shape index (κ3) is 2.27. The van der Waals surface area contributed by atoms with Gasteiger partial charge in [-0.25, -0.2) is 4.98 Å². The molecular formula is C15H16N4O2S. The van der Waals surface area contributed by atoms with Crippen molar-refractivity contribution in [2.24, 2.45) is 16.5 Å². The minimum absolute atomic E-state index is 0.0470. The van der Waals surface area contributed by atoms with Crippen LogP contribution in [0, 0.1) is 0 Å². The van der Waals surface area contributed by atoms with Crippen molar-refractivity contribution in [1.82, 2.24) is 4.98 Å². The molecule has 1 aliphatic heterocycles. The van der Waals surface area contributed by atoms with Crippen LogP contribution in [0.1, 0.15) is 34.9 Å². The standard InChI is InChI=1S/C15H16N4O2S/c16-14(17)19-15-18-13-9(2-1-3-12(13)22-15)8-4-5-10-11(6-8)21-7-20-10/h4-6,9H,1-3,7H2,(H4,16,17,18,19). The predicted octanol–water partition coefficient (Wildman–Crippen LogP) is 2.24. The molecule has 0 spiro atoms. The summed E-state index contributed by atoms with van der Waals surface area (Å²) < 4.78 is 10.9. The molecule has 0 fully saturated rings. The Bertz CT molecular complexity index is 752. The topological polar surface area (TPSA) is 95.8 Å². The highest BCUT2D eigenvalue weighted by Crippen LogP contribution is 2.43. The Balaban J connectivity index is 1.73. The average molecular weight is 316 g/mol. The van der Waals surface area contributed by atoms with E-state index in [1.165, 1.54) is 10.4 Å². The monoisotopic (exact) mass is 316 g/mol. The maximum atomic E-state index is 5.48. The third-order valence-corrected chi connectivity index (χ3v) is 4.99. The van der Waals surface area contributed by atoms with Gasteiger partial charge in [-0.15, -0.1) is 0 Å². The van der Waals surface area contributed by atoms with Gasteiger partial charge in [0.1, 0.15) is 0 Å². The van der Waals surface area contributed by atoms with Gasteiger partial charge in [0.05, 0.1) is 5.69 Å². The lowest BCUT2D eigenvalue weighted by atomic mass is 9.85. The van der Waals surface area contributed by atoms with Crippen molar-refractivity contribution < 1.29 is 9.47 Å². The number of hydrogen-bond donors (Lipinski definition) is 2. The first-order valence-corrected chi connectivity index (χ1v) is 8.01. The molecule has 1 aromatic carbocycles. The van der Waals surface area contributed by atoms with Crippen LogP contribution in [-0.4, -0.2) is 17.7 Å². The molecule has 0 amide bonds. The van der Waals surface area contributed by atoms with Gasteiger partial charge in [-0.2, -0.15) is 4.99 Å². The molecule has 4 N–H and O–H groups in total. The van der Waals surface area contributed by atoms with Crippen molar-refractivity contribution in [2.75, 3.05) is 6.79 Å². The SMILES string of the molecule is NC(N)=Nc1nc2c(s1)CCCC2c1ccc2c(c1)OCO2. The number of fused-ring (bicyclic) bond motifs is 2. The molecule has 6 nitrogen and oxygen atoms in total. The number of nitrogens with two attached hydrogens (primary N) is 2. The maximum Gasteiger partial charge on any atom is 0.231 e. The molecule has 2 heterocycles. The smallest absolute Gasteiger partial charge is 0.231 e. The van der Waals surface area contributed by atoms with Crippen LogP contribution in [0.2, 0.25) is 0 Å². The second-order valence-corrected chi connectivity index (χ2v) is 6.46. The number of benzene rings is 1. The Morgan fingerprint density at radius 2 is 2.14 bits per heavy atom. The minimum Gasteiger partial charge on any atom is -0.454 e. The number of thiazole rings is 1. The summed E-state index contributed by atoms with van der Waals surface area (Å²) in [4.78, 5) is 10.00. The molecule has 0 saturated heterocycles. The van der Waals surface area contributed by atoms with E-state index >= 15 is 0 Å². The molecule has 22 heavy (non-hydrogen) atoms. The highest BCUT2D eigenvalue weighted by Gasteiger charge is 2.27. The number of aromatic nitrogens is 1. The molecule has 7 heteroatoms. The summed E-state index contributed by atoms with van der Waals surface area (Å²) in [5, 5.41) is 0.637. The number of ether oxygens (including phenoxy) is 2. The minimum atomic E-state index is 0.0470. The molecule has 0 bridgehead atoms. The highest BCUT2D eigenvalue weighted by molar-refractivity contribution is 7.15.